The lowest BCUT2D eigenvalue weighted by Gasteiger charge is -2.09. The van der Waals surface area contributed by atoms with Crippen molar-refractivity contribution < 1.29 is 9.59 Å². The van der Waals surface area contributed by atoms with Gasteiger partial charge in [0.1, 0.15) is 0 Å². The maximum absolute atomic E-state index is 12.4. The number of amides is 2. The minimum absolute atomic E-state index is 0.0554. The third kappa shape index (κ3) is 6.57. The van der Waals surface area contributed by atoms with E-state index in [1.807, 2.05) is 41.8 Å². The van der Waals surface area contributed by atoms with E-state index in [0.29, 0.717) is 34.7 Å². The predicted octanol–water partition coefficient (Wildman–Crippen LogP) is 3.33. The molecule has 7 nitrogen and oxygen atoms in total. The lowest BCUT2D eigenvalue weighted by Crippen LogP contribution is -2.27. The number of halogens is 1. The standard InChI is InChI=1S/C22H24ClN5O2S/c1-2-28-19(14-25-21(30)17-10-6-7-11-18(17)23)26-27-22(28)31-15-20(29)24-13-12-16-8-4-3-5-9-16/h3-11H,2,12-15H2,1H3,(H,24,29)(H,25,30). The highest BCUT2D eigenvalue weighted by atomic mass is 35.5. The number of benzene rings is 2. The van der Waals surface area contributed by atoms with E-state index >= 15 is 0 Å². The first kappa shape index (κ1) is 22.8. The average molecular weight is 458 g/mol. The van der Waals surface area contributed by atoms with Crippen LogP contribution in [-0.4, -0.2) is 38.9 Å². The molecule has 0 bridgehead atoms. The first-order valence-corrected chi connectivity index (χ1v) is 11.3. The lowest BCUT2D eigenvalue weighted by atomic mass is 10.1. The van der Waals surface area contributed by atoms with E-state index in [4.69, 9.17) is 11.6 Å². The number of carbonyl (C=O) groups is 2. The van der Waals surface area contributed by atoms with Gasteiger partial charge in [0, 0.05) is 13.1 Å². The van der Waals surface area contributed by atoms with Gasteiger partial charge in [-0.05, 0) is 31.0 Å². The van der Waals surface area contributed by atoms with Crippen LogP contribution in [-0.2, 0) is 24.3 Å². The van der Waals surface area contributed by atoms with E-state index < -0.39 is 0 Å². The van der Waals surface area contributed by atoms with Gasteiger partial charge in [-0.25, -0.2) is 0 Å². The number of thioether (sulfide) groups is 1. The predicted molar refractivity (Wildman–Crippen MR) is 122 cm³/mol. The zero-order chi connectivity index (χ0) is 22.1. The largest absolute Gasteiger partial charge is 0.355 e. The molecule has 0 saturated heterocycles. The first-order chi connectivity index (χ1) is 15.1. The zero-order valence-corrected chi connectivity index (χ0v) is 18.7. The van der Waals surface area contributed by atoms with Gasteiger partial charge in [-0.2, -0.15) is 0 Å². The summed E-state index contributed by atoms with van der Waals surface area (Å²) in [6.07, 6.45) is 0.789. The fraction of sp³-hybridized carbons (Fsp3) is 0.273. The monoisotopic (exact) mass is 457 g/mol. The summed E-state index contributed by atoms with van der Waals surface area (Å²) in [5, 5.41) is 15.1. The van der Waals surface area contributed by atoms with Crippen LogP contribution < -0.4 is 10.6 Å². The molecule has 1 aromatic heterocycles. The van der Waals surface area contributed by atoms with E-state index in [1.165, 1.54) is 17.3 Å². The van der Waals surface area contributed by atoms with Crippen molar-refractivity contribution in [3.63, 3.8) is 0 Å². The van der Waals surface area contributed by atoms with Gasteiger partial charge in [0.2, 0.25) is 5.91 Å². The second kappa shape index (κ2) is 11.5. The highest BCUT2D eigenvalue weighted by Gasteiger charge is 2.15. The SMILES string of the molecule is CCn1c(CNC(=O)c2ccccc2Cl)nnc1SCC(=O)NCCc1ccccc1. The normalized spacial score (nSPS) is 10.6. The van der Waals surface area contributed by atoms with E-state index in [-0.39, 0.29) is 24.1 Å². The summed E-state index contributed by atoms with van der Waals surface area (Å²) in [4.78, 5) is 24.5. The molecule has 2 aromatic carbocycles. The molecule has 9 heteroatoms. The molecule has 2 N–H and O–H groups in total. The van der Waals surface area contributed by atoms with E-state index in [1.54, 1.807) is 24.3 Å². The van der Waals surface area contributed by atoms with Gasteiger partial charge in [0.15, 0.2) is 11.0 Å². The van der Waals surface area contributed by atoms with Crippen LogP contribution in [0.2, 0.25) is 5.02 Å². The molecule has 0 saturated carbocycles. The minimum Gasteiger partial charge on any atom is -0.355 e. The Morgan fingerprint density at radius 1 is 1.03 bits per heavy atom. The molecule has 162 valence electrons. The summed E-state index contributed by atoms with van der Waals surface area (Å²) in [7, 11) is 0. The van der Waals surface area contributed by atoms with Crippen molar-refractivity contribution in [2.75, 3.05) is 12.3 Å². The first-order valence-electron chi connectivity index (χ1n) is 9.96. The second-order valence-electron chi connectivity index (χ2n) is 6.68. The number of hydrogen-bond donors (Lipinski definition) is 2. The number of carbonyl (C=O) groups excluding carboxylic acids is 2. The molecule has 0 unspecified atom stereocenters. The molecule has 31 heavy (non-hydrogen) atoms. The van der Waals surface area contributed by atoms with Crippen molar-refractivity contribution in [3.05, 3.63) is 76.6 Å². The highest BCUT2D eigenvalue weighted by Crippen LogP contribution is 2.18. The Kier molecular flexibility index (Phi) is 8.49. The summed E-state index contributed by atoms with van der Waals surface area (Å²) in [5.74, 6) is 0.539. The van der Waals surface area contributed by atoms with Crippen molar-refractivity contribution in [2.45, 2.75) is 31.6 Å². The smallest absolute Gasteiger partial charge is 0.253 e. The van der Waals surface area contributed by atoms with Crippen molar-refractivity contribution in [1.82, 2.24) is 25.4 Å². The van der Waals surface area contributed by atoms with Crippen LogP contribution in [0.5, 0.6) is 0 Å². The maximum atomic E-state index is 12.4. The Morgan fingerprint density at radius 2 is 1.77 bits per heavy atom. The van der Waals surface area contributed by atoms with Crippen molar-refractivity contribution in [1.29, 1.82) is 0 Å². The third-order valence-electron chi connectivity index (χ3n) is 4.55. The molecule has 3 aromatic rings. The number of rotatable bonds is 10. The highest BCUT2D eigenvalue weighted by molar-refractivity contribution is 7.99. The molecule has 2 amide bonds. The number of nitrogens with zero attached hydrogens (tertiary/aromatic N) is 3. The van der Waals surface area contributed by atoms with Gasteiger partial charge < -0.3 is 15.2 Å². The Hall–Kier alpha value is -2.84. The van der Waals surface area contributed by atoms with Crippen LogP contribution in [0.15, 0.2) is 59.8 Å². The van der Waals surface area contributed by atoms with Crippen LogP contribution in [0.3, 0.4) is 0 Å². The van der Waals surface area contributed by atoms with Gasteiger partial charge in [-0.3, -0.25) is 9.59 Å². The van der Waals surface area contributed by atoms with Crippen LogP contribution in [0, 0.1) is 0 Å². The van der Waals surface area contributed by atoms with Gasteiger partial charge in [-0.15, -0.1) is 10.2 Å². The molecule has 0 radical (unpaired) electrons. The number of nitrogens with one attached hydrogen (secondary N) is 2. The van der Waals surface area contributed by atoms with Gasteiger partial charge in [0.05, 0.1) is 22.9 Å². The molecule has 0 fully saturated rings. The van der Waals surface area contributed by atoms with Gasteiger partial charge in [-0.1, -0.05) is 65.8 Å². The molecule has 3 rings (SSSR count). The van der Waals surface area contributed by atoms with Crippen molar-refractivity contribution in [2.24, 2.45) is 0 Å². The van der Waals surface area contributed by atoms with Gasteiger partial charge >= 0.3 is 0 Å². The lowest BCUT2D eigenvalue weighted by molar-refractivity contribution is -0.118. The molecule has 1 heterocycles. The molecule has 0 aliphatic rings. The third-order valence-corrected chi connectivity index (χ3v) is 5.84. The van der Waals surface area contributed by atoms with E-state index in [2.05, 4.69) is 20.8 Å². The molecule has 0 spiro atoms. The van der Waals surface area contributed by atoms with Crippen LogP contribution in [0.4, 0.5) is 0 Å². The van der Waals surface area contributed by atoms with E-state index in [9.17, 15) is 9.59 Å². The summed E-state index contributed by atoms with van der Waals surface area (Å²) in [6, 6.07) is 16.9. The molecular formula is C22H24ClN5O2S. The second-order valence-corrected chi connectivity index (χ2v) is 8.03. The van der Waals surface area contributed by atoms with Crippen LogP contribution >= 0.6 is 23.4 Å². The Bertz CT molecular complexity index is 1030. The van der Waals surface area contributed by atoms with Crippen molar-refractivity contribution >= 4 is 35.2 Å². The minimum atomic E-state index is -0.275. The quantitative estimate of drug-likeness (QED) is 0.456. The summed E-state index contributed by atoms with van der Waals surface area (Å²) < 4.78 is 1.88. The van der Waals surface area contributed by atoms with Crippen LogP contribution in [0.1, 0.15) is 28.7 Å². The molecular weight excluding hydrogens is 434 g/mol. The fourth-order valence-corrected chi connectivity index (χ4v) is 4.02. The molecule has 0 aliphatic carbocycles. The Balaban J connectivity index is 1.48. The number of hydrogen-bond acceptors (Lipinski definition) is 5. The zero-order valence-electron chi connectivity index (χ0n) is 17.2. The fourth-order valence-electron chi connectivity index (χ4n) is 2.95. The summed E-state index contributed by atoms with van der Waals surface area (Å²) >= 11 is 7.39. The molecule has 0 atom stereocenters. The maximum Gasteiger partial charge on any atom is 0.253 e. The number of aromatic nitrogens is 3. The molecule has 0 aliphatic heterocycles. The summed E-state index contributed by atoms with van der Waals surface area (Å²) in [6.45, 7) is 3.40. The Labute approximate surface area is 190 Å². The van der Waals surface area contributed by atoms with E-state index in [0.717, 1.165) is 6.42 Å². The topological polar surface area (TPSA) is 88.9 Å². The van der Waals surface area contributed by atoms with Crippen molar-refractivity contribution in [3.8, 4) is 0 Å². The Morgan fingerprint density at radius 3 is 2.52 bits per heavy atom. The average Bonchev–Trinajstić information content (AvgIpc) is 3.19. The summed E-state index contributed by atoms with van der Waals surface area (Å²) in [5.41, 5.74) is 1.60. The van der Waals surface area contributed by atoms with Crippen LogP contribution in [0.25, 0.3) is 0 Å². The van der Waals surface area contributed by atoms with Gasteiger partial charge in [0.25, 0.3) is 5.91 Å².